The molecule has 0 unspecified atom stereocenters. The molecule has 2 atom stereocenters. The van der Waals surface area contributed by atoms with Crippen LogP contribution < -0.4 is 16.4 Å². The number of benzene rings is 1. The summed E-state index contributed by atoms with van der Waals surface area (Å²) in [7, 11) is 0. The molecule has 5 heteroatoms. The highest BCUT2D eigenvalue weighted by atomic mass is 16.2. The number of rotatable bonds is 7. The Hall–Kier alpha value is -1.88. The van der Waals surface area contributed by atoms with Crippen molar-refractivity contribution in [2.75, 3.05) is 11.9 Å². The second kappa shape index (κ2) is 8.42. The summed E-state index contributed by atoms with van der Waals surface area (Å²) < 4.78 is 0. The van der Waals surface area contributed by atoms with Crippen molar-refractivity contribution in [3.63, 3.8) is 0 Å². The molecule has 21 heavy (non-hydrogen) atoms. The van der Waals surface area contributed by atoms with Crippen LogP contribution in [0.1, 0.15) is 44.0 Å². The molecular weight excluding hydrogens is 266 g/mol. The lowest BCUT2D eigenvalue weighted by molar-refractivity contribution is -0.118. The van der Waals surface area contributed by atoms with E-state index in [1.54, 1.807) is 24.3 Å². The van der Waals surface area contributed by atoms with Gasteiger partial charge in [-0.25, -0.2) is 0 Å². The minimum Gasteiger partial charge on any atom is -0.352 e. The predicted molar refractivity (Wildman–Crippen MR) is 85.1 cm³/mol. The first-order valence-electron chi connectivity index (χ1n) is 7.44. The molecule has 116 valence electrons. The zero-order chi connectivity index (χ0) is 15.8. The normalized spacial score (nSPS) is 13.3. The number of nitrogens with two attached hydrogens (primary N) is 1. The molecule has 0 heterocycles. The smallest absolute Gasteiger partial charge is 0.251 e. The SMILES string of the molecule is CCCNC(=O)c1cccc(NC(=O)[C@@H](N)[C@@H](C)CC)c1. The number of hydrogen-bond acceptors (Lipinski definition) is 3. The van der Waals surface area contributed by atoms with Gasteiger partial charge in [-0.3, -0.25) is 9.59 Å². The molecule has 0 saturated heterocycles. The van der Waals surface area contributed by atoms with Crippen molar-refractivity contribution in [1.82, 2.24) is 5.32 Å². The van der Waals surface area contributed by atoms with Crippen LogP contribution in [0, 0.1) is 5.92 Å². The number of amides is 2. The first-order chi connectivity index (χ1) is 9.99. The Morgan fingerprint density at radius 1 is 1.29 bits per heavy atom. The molecule has 2 amide bonds. The average Bonchev–Trinajstić information content (AvgIpc) is 2.51. The first kappa shape index (κ1) is 17.2. The van der Waals surface area contributed by atoms with Gasteiger partial charge in [0.15, 0.2) is 0 Å². The molecule has 0 spiro atoms. The van der Waals surface area contributed by atoms with Crippen molar-refractivity contribution < 1.29 is 9.59 Å². The highest BCUT2D eigenvalue weighted by molar-refractivity contribution is 5.98. The van der Waals surface area contributed by atoms with Crippen molar-refractivity contribution in [3.05, 3.63) is 29.8 Å². The van der Waals surface area contributed by atoms with Crippen LogP contribution in [0.2, 0.25) is 0 Å². The minimum atomic E-state index is -0.549. The molecule has 0 bridgehead atoms. The summed E-state index contributed by atoms with van der Waals surface area (Å²) in [4.78, 5) is 23.9. The van der Waals surface area contributed by atoms with E-state index in [0.29, 0.717) is 17.8 Å². The Kier molecular flexibility index (Phi) is 6.88. The summed E-state index contributed by atoms with van der Waals surface area (Å²) in [5.74, 6) is -0.254. The maximum atomic E-state index is 12.0. The summed E-state index contributed by atoms with van der Waals surface area (Å²) in [6.07, 6.45) is 1.72. The van der Waals surface area contributed by atoms with E-state index >= 15 is 0 Å². The standard InChI is InChI=1S/C16H25N3O2/c1-4-9-18-15(20)12-7-6-8-13(10-12)19-16(21)14(17)11(3)5-2/h6-8,10-11,14H,4-5,9,17H2,1-3H3,(H,18,20)(H,19,21)/t11-,14-/m0/s1. The van der Waals surface area contributed by atoms with E-state index < -0.39 is 6.04 Å². The molecule has 1 aromatic rings. The zero-order valence-corrected chi connectivity index (χ0v) is 13.0. The van der Waals surface area contributed by atoms with Gasteiger partial charge >= 0.3 is 0 Å². The summed E-state index contributed by atoms with van der Waals surface area (Å²) in [6.45, 7) is 6.57. The molecule has 4 N–H and O–H groups in total. The van der Waals surface area contributed by atoms with Crippen LogP contribution in [0.3, 0.4) is 0 Å². The van der Waals surface area contributed by atoms with Gasteiger partial charge in [-0.15, -0.1) is 0 Å². The Balaban J connectivity index is 2.72. The van der Waals surface area contributed by atoms with E-state index in [1.165, 1.54) is 0 Å². The number of carbonyl (C=O) groups is 2. The van der Waals surface area contributed by atoms with Gasteiger partial charge in [-0.05, 0) is 30.5 Å². The fraction of sp³-hybridized carbons (Fsp3) is 0.500. The quantitative estimate of drug-likeness (QED) is 0.719. The lowest BCUT2D eigenvalue weighted by atomic mass is 9.99. The van der Waals surface area contributed by atoms with Gasteiger partial charge in [0.25, 0.3) is 5.91 Å². The van der Waals surface area contributed by atoms with Gasteiger partial charge in [0.2, 0.25) is 5.91 Å². The Morgan fingerprint density at radius 3 is 2.62 bits per heavy atom. The van der Waals surface area contributed by atoms with Crippen molar-refractivity contribution in [2.45, 2.75) is 39.7 Å². The van der Waals surface area contributed by atoms with Crippen LogP contribution in [0.5, 0.6) is 0 Å². The third-order valence-electron chi connectivity index (χ3n) is 3.49. The van der Waals surface area contributed by atoms with Crippen LogP contribution >= 0.6 is 0 Å². The largest absolute Gasteiger partial charge is 0.352 e. The highest BCUT2D eigenvalue weighted by Crippen LogP contribution is 2.13. The van der Waals surface area contributed by atoms with Gasteiger partial charge in [0.1, 0.15) is 0 Å². The fourth-order valence-corrected chi connectivity index (χ4v) is 1.82. The molecule has 0 aliphatic heterocycles. The lowest BCUT2D eigenvalue weighted by Crippen LogP contribution is -2.40. The molecule has 1 rings (SSSR count). The van der Waals surface area contributed by atoms with Crippen molar-refractivity contribution in [1.29, 1.82) is 0 Å². The molecule has 5 nitrogen and oxygen atoms in total. The maximum absolute atomic E-state index is 12.0. The van der Waals surface area contributed by atoms with E-state index in [4.69, 9.17) is 5.73 Å². The van der Waals surface area contributed by atoms with Crippen molar-refractivity contribution in [2.24, 2.45) is 11.7 Å². The molecule has 1 aromatic carbocycles. The van der Waals surface area contributed by atoms with Crippen LogP contribution in [-0.2, 0) is 4.79 Å². The molecule has 0 aliphatic rings. The predicted octanol–water partition coefficient (Wildman–Crippen LogP) is 2.14. The Morgan fingerprint density at radius 2 is 2.00 bits per heavy atom. The summed E-state index contributed by atoms with van der Waals surface area (Å²) in [5.41, 5.74) is 7.00. The van der Waals surface area contributed by atoms with E-state index in [1.807, 2.05) is 20.8 Å². The number of hydrogen-bond donors (Lipinski definition) is 3. The van der Waals surface area contributed by atoms with E-state index in [0.717, 1.165) is 12.8 Å². The first-order valence-corrected chi connectivity index (χ1v) is 7.44. The van der Waals surface area contributed by atoms with Crippen LogP contribution in [0.15, 0.2) is 24.3 Å². The molecular formula is C16H25N3O2. The molecule has 0 aromatic heterocycles. The minimum absolute atomic E-state index is 0.112. The second-order valence-corrected chi connectivity index (χ2v) is 5.24. The topological polar surface area (TPSA) is 84.2 Å². The Labute approximate surface area is 126 Å². The zero-order valence-electron chi connectivity index (χ0n) is 13.0. The monoisotopic (exact) mass is 291 g/mol. The molecule has 0 saturated carbocycles. The van der Waals surface area contributed by atoms with Crippen molar-refractivity contribution in [3.8, 4) is 0 Å². The van der Waals surface area contributed by atoms with E-state index in [9.17, 15) is 9.59 Å². The lowest BCUT2D eigenvalue weighted by Gasteiger charge is -2.18. The third-order valence-corrected chi connectivity index (χ3v) is 3.49. The van der Waals surface area contributed by atoms with E-state index in [2.05, 4.69) is 10.6 Å². The second-order valence-electron chi connectivity index (χ2n) is 5.24. The van der Waals surface area contributed by atoms with Gasteiger partial charge in [0, 0.05) is 17.8 Å². The summed E-state index contributed by atoms with van der Waals surface area (Å²) >= 11 is 0. The van der Waals surface area contributed by atoms with Gasteiger partial charge in [0.05, 0.1) is 6.04 Å². The maximum Gasteiger partial charge on any atom is 0.251 e. The fourth-order valence-electron chi connectivity index (χ4n) is 1.82. The number of carbonyl (C=O) groups excluding carboxylic acids is 2. The van der Waals surface area contributed by atoms with E-state index in [-0.39, 0.29) is 17.7 Å². The van der Waals surface area contributed by atoms with Gasteiger partial charge in [-0.2, -0.15) is 0 Å². The molecule has 0 aliphatic carbocycles. The third kappa shape index (κ3) is 5.19. The van der Waals surface area contributed by atoms with Gasteiger partial charge in [-0.1, -0.05) is 33.3 Å². The molecule has 0 fully saturated rings. The van der Waals surface area contributed by atoms with Gasteiger partial charge < -0.3 is 16.4 Å². The van der Waals surface area contributed by atoms with Crippen molar-refractivity contribution >= 4 is 17.5 Å². The summed E-state index contributed by atoms with van der Waals surface area (Å²) in [5, 5.41) is 5.57. The van der Waals surface area contributed by atoms with Crippen LogP contribution in [0.4, 0.5) is 5.69 Å². The number of anilines is 1. The number of nitrogens with one attached hydrogen (secondary N) is 2. The van der Waals surface area contributed by atoms with Crippen LogP contribution in [0.25, 0.3) is 0 Å². The molecule has 0 radical (unpaired) electrons. The average molecular weight is 291 g/mol. The highest BCUT2D eigenvalue weighted by Gasteiger charge is 2.19. The van der Waals surface area contributed by atoms with Crippen LogP contribution in [-0.4, -0.2) is 24.4 Å². The summed E-state index contributed by atoms with van der Waals surface area (Å²) in [6, 6.07) is 6.32. The Bertz CT molecular complexity index is 488.